The summed E-state index contributed by atoms with van der Waals surface area (Å²) >= 11 is 1.37. The second kappa shape index (κ2) is 8.26. The molecule has 0 aliphatic heterocycles. The number of halogens is 3. The summed E-state index contributed by atoms with van der Waals surface area (Å²) in [4.78, 5) is 21.6. The van der Waals surface area contributed by atoms with Gasteiger partial charge in [-0.2, -0.15) is 23.3 Å². The van der Waals surface area contributed by atoms with Crippen LogP contribution >= 0.6 is 11.8 Å². The molecule has 32 heavy (non-hydrogen) atoms. The summed E-state index contributed by atoms with van der Waals surface area (Å²) in [5, 5.41) is 11.6. The number of nitrogens with one attached hydrogen (secondary N) is 1. The number of fused-ring (bicyclic) bond motifs is 1. The molecule has 0 atom stereocenters. The van der Waals surface area contributed by atoms with Crippen LogP contribution in [0.25, 0.3) is 11.5 Å². The van der Waals surface area contributed by atoms with E-state index in [4.69, 9.17) is 0 Å². The minimum atomic E-state index is -4.55. The van der Waals surface area contributed by atoms with E-state index < -0.39 is 17.6 Å². The van der Waals surface area contributed by atoms with E-state index in [1.165, 1.54) is 28.7 Å². The van der Waals surface area contributed by atoms with Gasteiger partial charge in [-0.05, 0) is 44.4 Å². The number of nitrogens with zero attached hydrogens (tertiary/aromatic N) is 6. The first-order chi connectivity index (χ1) is 15.2. The Morgan fingerprint density at radius 2 is 2.00 bits per heavy atom. The molecule has 4 rings (SSSR count). The van der Waals surface area contributed by atoms with Gasteiger partial charge >= 0.3 is 6.18 Å². The van der Waals surface area contributed by atoms with Gasteiger partial charge in [-0.3, -0.25) is 4.79 Å². The van der Waals surface area contributed by atoms with E-state index in [0.717, 1.165) is 12.1 Å². The summed E-state index contributed by atoms with van der Waals surface area (Å²) in [6, 6.07) is 4.76. The van der Waals surface area contributed by atoms with E-state index in [1.54, 1.807) is 30.6 Å². The minimum absolute atomic E-state index is 0.00305. The maximum atomic E-state index is 13.3. The minimum Gasteiger partial charge on any atom is -0.324 e. The zero-order valence-corrected chi connectivity index (χ0v) is 18.1. The first kappa shape index (κ1) is 21.8. The van der Waals surface area contributed by atoms with Crippen molar-refractivity contribution < 1.29 is 18.0 Å². The molecule has 12 heteroatoms. The molecule has 0 unspecified atom stereocenters. The highest BCUT2D eigenvalue weighted by Crippen LogP contribution is 2.33. The number of aryl methyl sites for hydroxylation is 2. The third kappa shape index (κ3) is 4.17. The van der Waals surface area contributed by atoms with Crippen molar-refractivity contribution >= 4 is 29.1 Å². The zero-order chi connectivity index (χ0) is 23.0. The lowest BCUT2D eigenvalue weighted by Crippen LogP contribution is -2.19. The summed E-state index contributed by atoms with van der Waals surface area (Å²) in [5.74, 6) is -0.0670. The Bertz CT molecular complexity index is 1300. The van der Waals surface area contributed by atoms with E-state index in [9.17, 15) is 18.0 Å². The molecule has 166 valence electrons. The van der Waals surface area contributed by atoms with Gasteiger partial charge in [-0.1, -0.05) is 11.8 Å². The van der Waals surface area contributed by atoms with E-state index in [-0.39, 0.29) is 12.1 Å². The maximum absolute atomic E-state index is 13.3. The van der Waals surface area contributed by atoms with Gasteiger partial charge in [0, 0.05) is 29.3 Å². The van der Waals surface area contributed by atoms with Crippen molar-refractivity contribution in [1.82, 2.24) is 29.4 Å². The number of amides is 1. The van der Waals surface area contributed by atoms with Gasteiger partial charge in [0.25, 0.3) is 5.78 Å². The van der Waals surface area contributed by atoms with Crippen molar-refractivity contribution in [3.8, 4) is 5.69 Å². The summed E-state index contributed by atoms with van der Waals surface area (Å²) in [6.07, 6.45) is 0.282. The summed E-state index contributed by atoms with van der Waals surface area (Å²) in [5.41, 5.74) is 1.36. The Morgan fingerprint density at radius 3 is 2.66 bits per heavy atom. The van der Waals surface area contributed by atoms with Crippen molar-refractivity contribution in [2.45, 2.75) is 31.6 Å². The van der Waals surface area contributed by atoms with Gasteiger partial charge in [0.1, 0.15) is 0 Å². The van der Waals surface area contributed by atoms with Gasteiger partial charge in [0.2, 0.25) is 11.1 Å². The zero-order valence-electron chi connectivity index (χ0n) is 17.3. The molecule has 1 aromatic carbocycles. The Labute approximate surface area is 184 Å². The molecule has 8 nitrogen and oxygen atoms in total. The van der Waals surface area contributed by atoms with Crippen molar-refractivity contribution in [3.05, 3.63) is 59.2 Å². The number of carbonyl (C=O) groups is 1. The second-order valence-corrected chi connectivity index (χ2v) is 7.75. The van der Waals surface area contributed by atoms with Crippen LogP contribution in [0.5, 0.6) is 0 Å². The standard InChI is InChI=1S/C20H18F3N7OS/c1-11-14(12(2)30-18(25-11)27-19(28-30)32-3)10-17(31)26-15-9-13(20(21,22)23)5-6-16(15)29-8-4-7-24-29/h4-9H,10H2,1-3H3,(H,26,31). The fraction of sp³-hybridized carbons (Fsp3) is 0.250. The summed E-state index contributed by atoms with van der Waals surface area (Å²) < 4.78 is 42.7. The van der Waals surface area contributed by atoms with Crippen molar-refractivity contribution in [2.24, 2.45) is 0 Å². The molecule has 0 spiro atoms. The molecule has 0 bridgehead atoms. The van der Waals surface area contributed by atoms with Crippen molar-refractivity contribution in [1.29, 1.82) is 0 Å². The lowest BCUT2D eigenvalue weighted by Gasteiger charge is -2.15. The van der Waals surface area contributed by atoms with E-state index in [0.29, 0.717) is 33.6 Å². The van der Waals surface area contributed by atoms with Crippen LogP contribution < -0.4 is 5.32 Å². The molecular weight excluding hydrogens is 443 g/mol. The molecule has 0 fully saturated rings. The van der Waals surface area contributed by atoms with Crippen LogP contribution in [-0.4, -0.2) is 41.5 Å². The quantitative estimate of drug-likeness (QED) is 0.454. The molecule has 1 N–H and O–H groups in total. The normalized spacial score (nSPS) is 11.8. The third-order valence-corrected chi connectivity index (χ3v) is 5.44. The van der Waals surface area contributed by atoms with Crippen LogP contribution in [0.4, 0.5) is 18.9 Å². The third-order valence-electron chi connectivity index (χ3n) is 4.90. The average Bonchev–Trinajstić information content (AvgIpc) is 3.40. The second-order valence-electron chi connectivity index (χ2n) is 6.98. The fourth-order valence-electron chi connectivity index (χ4n) is 3.31. The lowest BCUT2D eigenvalue weighted by atomic mass is 10.1. The van der Waals surface area contributed by atoms with Gasteiger partial charge in [0.15, 0.2) is 0 Å². The molecule has 3 aromatic heterocycles. The van der Waals surface area contributed by atoms with Gasteiger partial charge in [0.05, 0.1) is 23.4 Å². The number of benzene rings is 1. The van der Waals surface area contributed by atoms with Crippen LogP contribution in [0.2, 0.25) is 0 Å². The highest BCUT2D eigenvalue weighted by Gasteiger charge is 2.31. The number of hydrogen-bond donors (Lipinski definition) is 1. The number of alkyl halides is 3. The number of rotatable bonds is 5. The smallest absolute Gasteiger partial charge is 0.324 e. The van der Waals surface area contributed by atoms with E-state index >= 15 is 0 Å². The molecular formula is C20H18F3N7OS. The predicted octanol–water partition coefficient (Wildman–Crippen LogP) is 3.85. The lowest BCUT2D eigenvalue weighted by molar-refractivity contribution is -0.137. The molecule has 0 radical (unpaired) electrons. The molecule has 3 heterocycles. The predicted molar refractivity (Wildman–Crippen MR) is 113 cm³/mol. The van der Waals surface area contributed by atoms with Gasteiger partial charge in [-0.15, -0.1) is 5.10 Å². The first-order valence-electron chi connectivity index (χ1n) is 9.45. The highest BCUT2D eigenvalue weighted by molar-refractivity contribution is 7.98. The molecule has 1 amide bonds. The first-order valence-corrected chi connectivity index (χ1v) is 10.7. The Hall–Kier alpha value is -3.41. The van der Waals surface area contributed by atoms with Crippen LogP contribution in [0.3, 0.4) is 0 Å². The summed E-state index contributed by atoms with van der Waals surface area (Å²) in [6.45, 7) is 3.55. The molecule has 0 saturated heterocycles. The number of aromatic nitrogens is 6. The molecule has 0 aliphatic rings. The Kier molecular flexibility index (Phi) is 5.63. The topological polar surface area (TPSA) is 90.0 Å². The van der Waals surface area contributed by atoms with Crippen LogP contribution in [0.15, 0.2) is 41.8 Å². The number of hydrogen-bond acceptors (Lipinski definition) is 6. The molecule has 0 aliphatic carbocycles. The van der Waals surface area contributed by atoms with E-state index in [2.05, 4.69) is 25.5 Å². The monoisotopic (exact) mass is 461 g/mol. The molecule has 4 aromatic rings. The number of carbonyl (C=O) groups excluding carboxylic acids is 1. The van der Waals surface area contributed by atoms with Crippen LogP contribution in [0.1, 0.15) is 22.5 Å². The van der Waals surface area contributed by atoms with E-state index in [1.807, 2.05) is 6.26 Å². The SMILES string of the molecule is CSc1nc2nc(C)c(CC(=O)Nc3cc(C(F)(F)F)ccc3-n3cccn3)c(C)n2n1. The van der Waals surface area contributed by atoms with Gasteiger partial charge in [-0.25, -0.2) is 14.2 Å². The van der Waals surface area contributed by atoms with Crippen molar-refractivity contribution in [2.75, 3.05) is 11.6 Å². The summed E-state index contributed by atoms with van der Waals surface area (Å²) in [7, 11) is 0. The van der Waals surface area contributed by atoms with Gasteiger partial charge < -0.3 is 5.32 Å². The number of thioether (sulfide) groups is 1. The van der Waals surface area contributed by atoms with Crippen LogP contribution in [0, 0.1) is 13.8 Å². The van der Waals surface area contributed by atoms with Crippen LogP contribution in [-0.2, 0) is 17.4 Å². The fourth-order valence-corrected chi connectivity index (χ4v) is 3.65. The Morgan fingerprint density at radius 1 is 1.22 bits per heavy atom. The molecule has 0 saturated carbocycles. The average molecular weight is 461 g/mol. The maximum Gasteiger partial charge on any atom is 0.416 e. The number of anilines is 1. The Balaban J connectivity index is 1.67. The largest absolute Gasteiger partial charge is 0.416 e. The highest BCUT2D eigenvalue weighted by atomic mass is 32.2. The van der Waals surface area contributed by atoms with Crippen molar-refractivity contribution in [3.63, 3.8) is 0 Å².